The first kappa shape index (κ1) is 33.0. The average molecular weight is 652 g/mol. The summed E-state index contributed by atoms with van der Waals surface area (Å²) < 4.78 is 25.3. The van der Waals surface area contributed by atoms with Crippen LogP contribution in [0.2, 0.25) is 0 Å². The lowest BCUT2D eigenvalue weighted by Gasteiger charge is -2.54. The van der Waals surface area contributed by atoms with Crippen molar-refractivity contribution in [3.05, 3.63) is 35.9 Å². The fourth-order valence-electron chi connectivity index (χ4n) is 7.55. The second-order valence-corrected chi connectivity index (χ2v) is 14.0. The number of methoxy groups -OCH3 is 1. The highest BCUT2D eigenvalue weighted by Gasteiger charge is 2.59. The van der Waals surface area contributed by atoms with Crippen molar-refractivity contribution >= 4 is 23.6 Å². The lowest BCUT2D eigenvalue weighted by molar-refractivity contribution is -0.156. The Morgan fingerprint density at radius 1 is 1.06 bits per heavy atom. The van der Waals surface area contributed by atoms with E-state index in [2.05, 4.69) is 25.0 Å². The number of hydrogen-bond acceptors (Lipinski definition) is 10. The molecule has 0 unspecified atom stereocenters. The second-order valence-electron chi connectivity index (χ2n) is 14.0. The minimum atomic E-state index is -0.916. The van der Waals surface area contributed by atoms with E-state index in [1.165, 1.54) is 31.6 Å². The van der Waals surface area contributed by atoms with Crippen LogP contribution in [-0.2, 0) is 14.3 Å². The minimum absolute atomic E-state index is 0.0504. The number of anilines is 1. The van der Waals surface area contributed by atoms with Gasteiger partial charge in [-0.25, -0.2) is 9.37 Å². The number of rotatable bonds is 10. The van der Waals surface area contributed by atoms with Gasteiger partial charge in [0.2, 0.25) is 5.91 Å². The van der Waals surface area contributed by atoms with Gasteiger partial charge < -0.3 is 29.1 Å². The third-order valence-electron chi connectivity index (χ3n) is 10.6. The SMILES string of the molecule is CCN(C(=O)c1cc(F)ccc1Oc1nncnc1N1CC2(CCN(CC3CCN(C(=O)C4(C(=O)OC)CC4)CC3)CC2)C1)C(C)C. The maximum absolute atomic E-state index is 14.3. The van der Waals surface area contributed by atoms with Gasteiger partial charge in [0, 0.05) is 50.7 Å². The van der Waals surface area contributed by atoms with E-state index in [0.717, 1.165) is 58.4 Å². The highest BCUT2D eigenvalue weighted by atomic mass is 19.1. The number of amides is 2. The molecule has 4 fully saturated rings. The van der Waals surface area contributed by atoms with Gasteiger partial charge in [0.05, 0.1) is 12.7 Å². The lowest BCUT2D eigenvalue weighted by atomic mass is 9.72. The Bertz CT molecular complexity index is 1480. The molecule has 1 aromatic carbocycles. The summed E-state index contributed by atoms with van der Waals surface area (Å²) in [6, 6.07) is 3.87. The largest absolute Gasteiger partial charge is 0.468 e. The Morgan fingerprint density at radius 3 is 2.38 bits per heavy atom. The Kier molecular flexibility index (Phi) is 9.37. The number of esters is 1. The van der Waals surface area contributed by atoms with Gasteiger partial charge in [-0.15, -0.1) is 10.2 Å². The molecule has 3 saturated heterocycles. The number of carbonyl (C=O) groups is 3. The zero-order valence-corrected chi connectivity index (χ0v) is 27.9. The molecule has 1 saturated carbocycles. The van der Waals surface area contributed by atoms with E-state index in [-0.39, 0.29) is 46.4 Å². The van der Waals surface area contributed by atoms with Crippen LogP contribution in [0.15, 0.2) is 24.5 Å². The van der Waals surface area contributed by atoms with Gasteiger partial charge in [-0.05, 0) is 96.5 Å². The minimum Gasteiger partial charge on any atom is -0.468 e. The highest BCUT2D eigenvalue weighted by Crippen LogP contribution is 2.49. The summed E-state index contributed by atoms with van der Waals surface area (Å²) in [5, 5.41) is 8.14. The summed E-state index contributed by atoms with van der Waals surface area (Å²) in [4.78, 5) is 51.2. The normalized spacial score (nSPS) is 20.6. The zero-order valence-electron chi connectivity index (χ0n) is 27.9. The zero-order chi connectivity index (χ0) is 33.3. The number of hydrogen-bond donors (Lipinski definition) is 0. The summed E-state index contributed by atoms with van der Waals surface area (Å²) in [6.45, 7) is 12.3. The number of carbonyl (C=O) groups excluding carboxylic acids is 3. The van der Waals surface area contributed by atoms with Gasteiger partial charge in [0.1, 0.15) is 23.3 Å². The quantitative estimate of drug-likeness (QED) is 0.277. The fourth-order valence-corrected chi connectivity index (χ4v) is 7.55. The van der Waals surface area contributed by atoms with Crippen LogP contribution in [0.5, 0.6) is 11.6 Å². The Hall–Kier alpha value is -3.87. The van der Waals surface area contributed by atoms with Crippen molar-refractivity contribution in [3.8, 4) is 11.6 Å². The molecule has 6 rings (SSSR count). The third-order valence-corrected chi connectivity index (χ3v) is 10.6. The number of piperidine rings is 2. The molecule has 2 aromatic rings. The molecule has 13 heteroatoms. The average Bonchev–Trinajstić information content (AvgIpc) is 3.87. The molecule has 4 aliphatic rings. The first-order valence-electron chi connectivity index (χ1n) is 16.9. The van der Waals surface area contributed by atoms with E-state index in [4.69, 9.17) is 9.47 Å². The predicted octanol–water partition coefficient (Wildman–Crippen LogP) is 3.77. The Morgan fingerprint density at radius 2 is 1.77 bits per heavy atom. The molecule has 0 radical (unpaired) electrons. The van der Waals surface area contributed by atoms with Crippen LogP contribution >= 0.6 is 0 Å². The van der Waals surface area contributed by atoms with Crippen molar-refractivity contribution in [3.63, 3.8) is 0 Å². The topological polar surface area (TPSA) is 121 Å². The van der Waals surface area contributed by atoms with E-state index in [0.29, 0.717) is 44.2 Å². The predicted molar refractivity (Wildman–Crippen MR) is 171 cm³/mol. The standard InChI is InChI=1S/C34H46FN7O5/c1-5-42(23(2)3)30(43)26-18-25(35)6-7-27(26)47-29-28(36-22-37-38-29)41-20-33(21-41)12-16-39(17-13-33)19-24-8-14-40(15-9-24)31(44)34(10-11-34)32(45)46-4/h6-7,18,22-24H,5,8-17,19-21H2,1-4H3. The lowest BCUT2D eigenvalue weighted by Crippen LogP contribution is -2.61. The maximum atomic E-state index is 14.3. The van der Waals surface area contributed by atoms with Crippen molar-refractivity contribution in [1.82, 2.24) is 29.9 Å². The van der Waals surface area contributed by atoms with Crippen LogP contribution in [-0.4, -0.2) is 113 Å². The van der Waals surface area contributed by atoms with Crippen LogP contribution in [0.1, 0.15) is 69.7 Å². The maximum Gasteiger partial charge on any atom is 0.321 e. The van der Waals surface area contributed by atoms with Gasteiger partial charge in [-0.2, -0.15) is 0 Å². The monoisotopic (exact) mass is 651 g/mol. The van der Waals surface area contributed by atoms with Gasteiger partial charge in [-0.1, -0.05) is 0 Å². The molecule has 2 amide bonds. The summed E-state index contributed by atoms with van der Waals surface area (Å²) in [5.74, 6) is 0.245. The number of ether oxygens (including phenoxy) is 2. The molecule has 12 nitrogen and oxygen atoms in total. The van der Waals surface area contributed by atoms with Gasteiger partial charge >= 0.3 is 5.97 Å². The molecule has 4 heterocycles. The van der Waals surface area contributed by atoms with E-state index >= 15 is 0 Å². The molecule has 3 aliphatic heterocycles. The van der Waals surface area contributed by atoms with E-state index < -0.39 is 11.2 Å². The molecule has 1 aromatic heterocycles. The van der Waals surface area contributed by atoms with Crippen molar-refractivity contribution in [1.29, 1.82) is 0 Å². The molecule has 47 heavy (non-hydrogen) atoms. The molecular weight excluding hydrogens is 605 g/mol. The van der Waals surface area contributed by atoms with E-state index in [1.807, 2.05) is 25.7 Å². The number of nitrogens with zero attached hydrogens (tertiary/aromatic N) is 7. The van der Waals surface area contributed by atoms with Crippen molar-refractivity contribution < 1.29 is 28.2 Å². The van der Waals surface area contributed by atoms with Gasteiger partial charge in [0.25, 0.3) is 11.8 Å². The molecular formula is C34H46FN7O5. The van der Waals surface area contributed by atoms with E-state index in [1.54, 1.807) is 4.90 Å². The summed E-state index contributed by atoms with van der Waals surface area (Å²) in [6.07, 6.45) is 6.66. The Balaban J connectivity index is 1.01. The van der Waals surface area contributed by atoms with Crippen molar-refractivity contribution in [2.24, 2.45) is 16.7 Å². The molecule has 254 valence electrons. The summed E-state index contributed by atoms with van der Waals surface area (Å²) in [5.41, 5.74) is -0.590. The number of halogens is 1. The van der Waals surface area contributed by atoms with E-state index in [9.17, 15) is 18.8 Å². The number of benzene rings is 1. The summed E-state index contributed by atoms with van der Waals surface area (Å²) in [7, 11) is 1.36. The summed E-state index contributed by atoms with van der Waals surface area (Å²) >= 11 is 0. The van der Waals surface area contributed by atoms with Crippen LogP contribution in [0.4, 0.5) is 10.2 Å². The second kappa shape index (κ2) is 13.3. The first-order chi connectivity index (χ1) is 22.6. The van der Waals surface area contributed by atoms with Crippen molar-refractivity contribution in [2.75, 3.05) is 64.4 Å². The molecule has 1 spiro atoms. The molecule has 0 bridgehead atoms. The van der Waals surface area contributed by atoms with Crippen LogP contribution in [0.3, 0.4) is 0 Å². The molecule has 1 aliphatic carbocycles. The Labute approximate surface area is 275 Å². The molecule has 0 atom stereocenters. The fraction of sp³-hybridized carbons (Fsp3) is 0.647. The highest BCUT2D eigenvalue weighted by molar-refractivity contribution is 6.05. The van der Waals surface area contributed by atoms with Gasteiger partial charge in [-0.3, -0.25) is 14.4 Å². The van der Waals surface area contributed by atoms with Gasteiger partial charge in [0.15, 0.2) is 5.82 Å². The third kappa shape index (κ3) is 6.63. The number of aromatic nitrogens is 3. The van der Waals surface area contributed by atoms with Crippen molar-refractivity contribution in [2.45, 2.75) is 65.3 Å². The smallest absolute Gasteiger partial charge is 0.321 e. The van der Waals surface area contributed by atoms with Crippen LogP contribution in [0.25, 0.3) is 0 Å². The number of likely N-dealkylation sites (tertiary alicyclic amines) is 2. The van der Waals surface area contributed by atoms with Crippen LogP contribution in [0, 0.1) is 22.6 Å². The molecule has 0 N–H and O–H groups in total. The van der Waals surface area contributed by atoms with Crippen LogP contribution < -0.4 is 9.64 Å². The first-order valence-corrected chi connectivity index (χ1v) is 16.9.